The van der Waals surface area contributed by atoms with Crippen molar-refractivity contribution in [2.24, 2.45) is 0 Å². The van der Waals surface area contributed by atoms with Crippen molar-refractivity contribution in [3.05, 3.63) is 23.0 Å². The van der Waals surface area contributed by atoms with Crippen molar-refractivity contribution in [2.45, 2.75) is 58.0 Å². The van der Waals surface area contributed by atoms with E-state index in [0.29, 0.717) is 31.6 Å². The summed E-state index contributed by atoms with van der Waals surface area (Å²) in [5.74, 6) is -0.457. The van der Waals surface area contributed by atoms with E-state index in [1.165, 1.54) is 0 Å². The molecule has 3 amide bonds. The summed E-state index contributed by atoms with van der Waals surface area (Å²) in [6, 6.07) is 1.38. The van der Waals surface area contributed by atoms with E-state index in [-0.39, 0.29) is 18.2 Å². The number of nitrogens with zero attached hydrogens (tertiary/aromatic N) is 2. The molecule has 0 bridgehead atoms. The molecular formula is C19H27N3O4. The molecule has 7 nitrogen and oxygen atoms in total. The normalized spacial score (nSPS) is 19.3. The van der Waals surface area contributed by atoms with Gasteiger partial charge in [0.2, 0.25) is 0 Å². The van der Waals surface area contributed by atoms with Crippen molar-refractivity contribution in [1.82, 2.24) is 14.8 Å². The number of methoxy groups -OCH3 is 1. The maximum Gasteiger partial charge on any atom is 0.325 e. The summed E-state index contributed by atoms with van der Waals surface area (Å²) >= 11 is 0. The quantitative estimate of drug-likeness (QED) is 0.622. The number of amides is 3. The van der Waals surface area contributed by atoms with Crippen molar-refractivity contribution in [1.29, 1.82) is 0 Å². The minimum atomic E-state index is -0.787. The summed E-state index contributed by atoms with van der Waals surface area (Å²) in [7, 11) is 1.64. The van der Waals surface area contributed by atoms with E-state index in [1.807, 2.05) is 24.5 Å². The maximum absolute atomic E-state index is 12.8. The second-order valence-electron chi connectivity index (χ2n) is 7.32. The molecule has 0 aromatic carbocycles. The molecule has 7 heteroatoms. The molecule has 0 unspecified atom stereocenters. The van der Waals surface area contributed by atoms with Gasteiger partial charge in [-0.3, -0.25) is 14.5 Å². The van der Waals surface area contributed by atoms with Crippen LogP contribution in [0.4, 0.5) is 4.79 Å². The van der Waals surface area contributed by atoms with Gasteiger partial charge in [0.05, 0.1) is 13.2 Å². The first-order valence-electron chi connectivity index (χ1n) is 9.22. The number of rotatable bonds is 6. The molecule has 1 aromatic heterocycles. The van der Waals surface area contributed by atoms with Gasteiger partial charge in [0, 0.05) is 30.6 Å². The molecule has 26 heavy (non-hydrogen) atoms. The predicted octanol–water partition coefficient (Wildman–Crippen LogP) is 2.19. The average molecular weight is 361 g/mol. The zero-order chi connectivity index (χ0) is 18.9. The van der Waals surface area contributed by atoms with Gasteiger partial charge in [-0.25, -0.2) is 4.79 Å². The SMILES string of the molecule is COCCn1c(C)cc(C(=O)CN2C(=O)NC3(CCCCC3)C2=O)c1C. The number of Topliss-reactive ketones (excluding diaryl/α,β-unsaturated/α-hetero) is 1. The first-order chi connectivity index (χ1) is 12.4. The van der Waals surface area contributed by atoms with Crippen LogP contribution in [-0.2, 0) is 16.1 Å². The smallest absolute Gasteiger partial charge is 0.325 e. The van der Waals surface area contributed by atoms with Gasteiger partial charge in [-0.15, -0.1) is 0 Å². The van der Waals surface area contributed by atoms with E-state index in [4.69, 9.17) is 4.74 Å². The van der Waals surface area contributed by atoms with Gasteiger partial charge in [-0.05, 0) is 32.8 Å². The van der Waals surface area contributed by atoms with Crippen molar-refractivity contribution < 1.29 is 19.1 Å². The van der Waals surface area contributed by atoms with Gasteiger partial charge in [0.15, 0.2) is 5.78 Å². The minimum Gasteiger partial charge on any atom is -0.383 e. The summed E-state index contributed by atoms with van der Waals surface area (Å²) in [6.07, 6.45) is 4.25. The molecule has 1 aliphatic carbocycles. The number of urea groups is 1. The van der Waals surface area contributed by atoms with Crippen LogP contribution in [0, 0.1) is 13.8 Å². The highest BCUT2D eigenvalue weighted by Gasteiger charge is 2.51. The fraction of sp³-hybridized carbons (Fsp3) is 0.632. The highest BCUT2D eigenvalue weighted by molar-refractivity contribution is 6.11. The van der Waals surface area contributed by atoms with Gasteiger partial charge in [-0.2, -0.15) is 0 Å². The molecule has 0 atom stereocenters. The van der Waals surface area contributed by atoms with Crippen LogP contribution in [-0.4, -0.2) is 53.0 Å². The van der Waals surface area contributed by atoms with Gasteiger partial charge in [0.25, 0.3) is 5.91 Å². The van der Waals surface area contributed by atoms with Crippen LogP contribution in [0.25, 0.3) is 0 Å². The Bertz CT molecular complexity index is 731. The third-order valence-corrected chi connectivity index (χ3v) is 5.65. The van der Waals surface area contributed by atoms with E-state index in [1.54, 1.807) is 7.11 Å². The Morgan fingerprint density at radius 3 is 2.58 bits per heavy atom. The lowest BCUT2D eigenvalue weighted by atomic mass is 9.82. The number of aromatic nitrogens is 1. The Hall–Kier alpha value is -2.15. The topological polar surface area (TPSA) is 80.6 Å². The second kappa shape index (κ2) is 7.23. The standard InChI is InChI=1S/C19H27N3O4/c1-13-11-15(14(2)21(13)9-10-26-3)16(23)12-22-17(24)19(20-18(22)25)7-5-4-6-8-19/h11H,4-10,12H2,1-3H3,(H,20,25). The molecule has 142 valence electrons. The molecule has 1 aromatic rings. The van der Waals surface area contributed by atoms with Crippen LogP contribution in [0.5, 0.6) is 0 Å². The molecule has 1 spiro atoms. The number of imide groups is 1. The van der Waals surface area contributed by atoms with Gasteiger partial charge >= 0.3 is 6.03 Å². The molecule has 1 N–H and O–H groups in total. The molecular weight excluding hydrogens is 334 g/mol. The number of hydrogen-bond donors (Lipinski definition) is 1. The highest BCUT2D eigenvalue weighted by atomic mass is 16.5. The summed E-state index contributed by atoms with van der Waals surface area (Å²) in [6.45, 7) is 4.82. The van der Waals surface area contributed by atoms with E-state index in [9.17, 15) is 14.4 Å². The van der Waals surface area contributed by atoms with Crippen molar-refractivity contribution in [3.8, 4) is 0 Å². The molecule has 1 saturated heterocycles. The van der Waals surface area contributed by atoms with E-state index in [0.717, 1.165) is 35.6 Å². The summed E-state index contributed by atoms with van der Waals surface area (Å²) in [5, 5.41) is 2.85. The zero-order valence-electron chi connectivity index (χ0n) is 15.8. The second-order valence-corrected chi connectivity index (χ2v) is 7.32. The van der Waals surface area contributed by atoms with E-state index < -0.39 is 11.6 Å². The number of nitrogens with one attached hydrogen (secondary N) is 1. The van der Waals surface area contributed by atoms with Crippen LogP contribution in [0.15, 0.2) is 6.07 Å². The lowest BCUT2D eigenvalue weighted by Crippen LogP contribution is -2.48. The Morgan fingerprint density at radius 2 is 1.92 bits per heavy atom. The number of hydrogen-bond acceptors (Lipinski definition) is 4. The number of aryl methyl sites for hydroxylation is 1. The molecule has 1 aliphatic heterocycles. The molecule has 2 heterocycles. The monoisotopic (exact) mass is 361 g/mol. The lowest BCUT2D eigenvalue weighted by Gasteiger charge is -2.30. The van der Waals surface area contributed by atoms with E-state index in [2.05, 4.69) is 5.32 Å². The largest absolute Gasteiger partial charge is 0.383 e. The summed E-state index contributed by atoms with van der Waals surface area (Å²) in [5.41, 5.74) is 1.57. The van der Waals surface area contributed by atoms with Gasteiger partial charge < -0.3 is 14.6 Å². The van der Waals surface area contributed by atoms with E-state index >= 15 is 0 Å². The zero-order valence-corrected chi connectivity index (χ0v) is 15.8. The first kappa shape index (κ1) is 18.6. The molecule has 2 fully saturated rings. The predicted molar refractivity (Wildman–Crippen MR) is 96.2 cm³/mol. The van der Waals surface area contributed by atoms with Gasteiger partial charge in [0.1, 0.15) is 5.54 Å². The fourth-order valence-corrected chi connectivity index (χ4v) is 4.15. The van der Waals surface area contributed by atoms with Gasteiger partial charge in [-0.1, -0.05) is 19.3 Å². The average Bonchev–Trinajstić information content (AvgIpc) is 3.02. The number of ether oxygens (including phenoxy) is 1. The number of carbonyl (C=O) groups excluding carboxylic acids is 3. The van der Waals surface area contributed by atoms with Crippen LogP contribution in [0.3, 0.4) is 0 Å². The Balaban J connectivity index is 1.76. The van der Waals surface area contributed by atoms with Crippen LogP contribution < -0.4 is 5.32 Å². The molecule has 2 aliphatic rings. The fourth-order valence-electron chi connectivity index (χ4n) is 4.15. The Kier molecular flexibility index (Phi) is 5.18. The minimum absolute atomic E-state index is 0.207. The van der Waals surface area contributed by atoms with Crippen LogP contribution in [0.2, 0.25) is 0 Å². The van der Waals surface area contributed by atoms with Crippen LogP contribution in [0.1, 0.15) is 53.8 Å². The third-order valence-electron chi connectivity index (χ3n) is 5.65. The molecule has 0 radical (unpaired) electrons. The van der Waals surface area contributed by atoms with Crippen molar-refractivity contribution in [3.63, 3.8) is 0 Å². The third kappa shape index (κ3) is 3.16. The van der Waals surface area contributed by atoms with Crippen molar-refractivity contribution in [2.75, 3.05) is 20.3 Å². The Morgan fingerprint density at radius 1 is 1.23 bits per heavy atom. The highest BCUT2D eigenvalue weighted by Crippen LogP contribution is 2.33. The summed E-state index contributed by atoms with van der Waals surface area (Å²) < 4.78 is 7.13. The number of carbonyl (C=O) groups is 3. The molecule has 3 rings (SSSR count). The summed E-state index contributed by atoms with van der Waals surface area (Å²) in [4.78, 5) is 39.1. The first-order valence-corrected chi connectivity index (χ1v) is 9.22. The lowest BCUT2D eigenvalue weighted by molar-refractivity contribution is -0.132. The van der Waals surface area contributed by atoms with Crippen LogP contribution >= 0.6 is 0 Å². The van der Waals surface area contributed by atoms with Crippen molar-refractivity contribution >= 4 is 17.7 Å². The molecule has 1 saturated carbocycles. The Labute approximate surface area is 153 Å². The number of ketones is 1. The maximum atomic E-state index is 12.8.